The van der Waals surface area contributed by atoms with Crippen LogP contribution in [0.25, 0.3) is 0 Å². The van der Waals surface area contributed by atoms with Gasteiger partial charge in [0.1, 0.15) is 6.10 Å². The van der Waals surface area contributed by atoms with Crippen LogP contribution in [0.2, 0.25) is 0 Å². The lowest BCUT2D eigenvalue weighted by atomic mass is 9.98. The van der Waals surface area contributed by atoms with Crippen LogP contribution in [-0.2, 0) is 4.74 Å². The highest BCUT2D eigenvalue weighted by Gasteiger charge is 2.19. The second-order valence-corrected chi connectivity index (χ2v) is 6.96. The van der Waals surface area contributed by atoms with E-state index in [1.165, 1.54) is 24.6 Å². The van der Waals surface area contributed by atoms with Gasteiger partial charge in [0.2, 0.25) is 0 Å². The summed E-state index contributed by atoms with van der Waals surface area (Å²) < 4.78 is 5.53. The number of esters is 1. The van der Waals surface area contributed by atoms with Crippen LogP contribution >= 0.6 is 0 Å². The van der Waals surface area contributed by atoms with Crippen LogP contribution in [0.1, 0.15) is 58.4 Å². The molecule has 1 N–H and O–H groups in total. The van der Waals surface area contributed by atoms with E-state index in [1.807, 2.05) is 0 Å². The van der Waals surface area contributed by atoms with E-state index in [-0.39, 0.29) is 23.7 Å². The Hall–Kier alpha value is -3.22. The van der Waals surface area contributed by atoms with E-state index in [0.717, 1.165) is 25.7 Å². The molecule has 3 rings (SSSR count). The number of aryl methyl sites for hydroxylation is 1. The minimum Gasteiger partial charge on any atom is -0.459 e. The summed E-state index contributed by atoms with van der Waals surface area (Å²) in [7, 11) is 0. The zero-order chi connectivity index (χ0) is 20.1. The highest BCUT2D eigenvalue weighted by molar-refractivity contribution is 6.04. The highest BCUT2D eigenvalue weighted by Crippen LogP contribution is 2.22. The summed E-state index contributed by atoms with van der Waals surface area (Å²) >= 11 is 0. The van der Waals surface area contributed by atoms with Crippen molar-refractivity contribution in [2.24, 2.45) is 0 Å². The molecular formula is C21H22N2O5. The number of nitro groups is 1. The van der Waals surface area contributed by atoms with Crippen molar-refractivity contribution in [1.29, 1.82) is 0 Å². The van der Waals surface area contributed by atoms with Crippen LogP contribution < -0.4 is 5.32 Å². The third-order valence-corrected chi connectivity index (χ3v) is 4.86. The number of carbonyl (C=O) groups excluding carboxylic acids is 2. The van der Waals surface area contributed by atoms with E-state index in [1.54, 1.807) is 31.2 Å². The van der Waals surface area contributed by atoms with Crippen LogP contribution in [0.4, 0.5) is 11.4 Å². The van der Waals surface area contributed by atoms with E-state index in [0.29, 0.717) is 22.4 Å². The molecule has 0 atom stereocenters. The largest absolute Gasteiger partial charge is 0.459 e. The number of benzene rings is 2. The smallest absolute Gasteiger partial charge is 0.338 e. The molecule has 0 heterocycles. The number of ether oxygens (including phenoxy) is 1. The van der Waals surface area contributed by atoms with E-state index < -0.39 is 4.92 Å². The molecule has 0 aliphatic heterocycles. The summed E-state index contributed by atoms with van der Waals surface area (Å²) in [4.78, 5) is 35.0. The van der Waals surface area contributed by atoms with E-state index in [2.05, 4.69) is 5.32 Å². The number of hydrogen-bond acceptors (Lipinski definition) is 5. The fraction of sp³-hybridized carbons (Fsp3) is 0.333. The van der Waals surface area contributed by atoms with Gasteiger partial charge in [-0.1, -0.05) is 6.42 Å². The molecule has 0 radical (unpaired) electrons. The number of amides is 1. The fourth-order valence-corrected chi connectivity index (χ4v) is 3.30. The molecule has 1 amide bonds. The Morgan fingerprint density at radius 3 is 2.29 bits per heavy atom. The Balaban J connectivity index is 1.62. The molecule has 146 valence electrons. The summed E-state index contributed by atoms with van der Waals surface area (Å²) in [6.45, 7) is 1.58. The summed E-state index contributed by atoms with van der Waals surface area (Å²) in [6.07, 6.45) is 5.18. The number of nitro benzene ring substituents is 1. The van der Waals surface area contributed by atoms with Gasteiger partial charge in [-0.15, -0.1) is 0 Å². The lowest BCUT2D eigenvalue weighted by molar-refractivity contribution is -0.385. The van der Waals surface area contributed by atoms with Gasteiger partial charge in [0.15, 0.2) is 0 Å². The summed E-state index contributed by atoms with van der Waals surface area (Å²) in [6, 6.07) is 10.7. The lowest BCUT2D eigenvalue weighted by Crippen LogP contribution is -2.21. The molecular weight excluding hydrogens is 360 g/mol. The van der Waals surface area contributed by atoms with Crippen LogP contribution in [0, 0.1) is 17.0 Å². The van der Waals surface area contributed by atoms with Gasteiger partial charge in [-0.3, -0.25) is 14.9 Å². The Bertz CT molecular complexity index is 886. The molecule has 1 saturated carbocycles. The maximum atomic E-state index is 12.4. The molecule has 0 spiro atoms. The van der Waals surface area contributed by atoms with Gasteiger partial charge < -0.3 is 10.1 Å². The Morgan fingerprint density at radius 1 is 1.04 bits per heavy atom. The van der Waals surface area contributed by atoms with Crippen molar-refractivity contribution in [1.82, 2.24) is 0 Å². The monoisotopic (exact) mass is 382 g/mol. The molecule has 1 fully saturated rings. The standard InChI is InChI=1S/C21H22N2O5/c1-14-13-16(9-12-19(14)23(26)27)20(24)22-17-10-7-15(8-11-17)21(25)28-18-5-3-2-4-6-18/h7-13,18H,2-6H2,1H3,(H,22,24). The number of anilines is 1. The predicted molar refractivity (Wildman–Crippen MR) is 105 cm³/mol. The summed E-state index contributed by atoms with van der Waals surface area (Å²) in [5.74, 6) is -0.730. The molecule has 1 aliphatic carbocycles. The van der Waals surface area contributed by atoms with E-state index >= 15 is 0 Å². The zero-order valence-electron chi connectivity index (χ0n) is 15.6. The second-order valence-electron chi connectivity index (χ2n) is 6.96. The predicted octanol–water partition coefficient (Wildman–Crippen LogP) is 4.65. The van der Waals surface area contributed by atoms with Crippen molar-refractivity contribution in [2.75, 3.05) is 5.32 Å². The number of nitrogens with zero attached hydrogens (tertiary/aromatic N) is 1. The highest BCUT2D eigenvalue weighted by atomic mass is 16.6. The molecule has 28 heavy (non-hydrogen) atoms. The molecule has 2 aromatic rings. The van der Waals surface area contributed by atoms with Crippen LogP contribution in [0.15, 0.2) is 42.5 Å². The molecule has 0 saturated heterocycles. The maximum Gasteiger partial charge on any atom is 0.338 e. The van der Waals surface area contributed by atoms with Crippen LogP contribution in [-0.4, -0.2) is 22.9 Å². The number of nitrogens with one attached hydrogen (secondary N) is 1. The lowest BCUT2D eigenvalue weighted by Gasteiger charge is -2.21. The van der Waals surface area contributed by atoms with Gasteiger partial charge in [0.25, 0.3) is 11.6 Å². The van der Waals surface area contributed by atoms with Crippen LogP contribution in [0.3, 0.4) is 0 Å². The molecule has 0 bridgehead atoms. The first kappa shape index (κ1) is 19.5. The van der Waals surface area contributed by atoms with Gasteiger partial charge in [-0.2, -0.15) is 0 Å². The van der Waals surface area contributed by atoms with E-state index in [9.17, 15) is 19.7 Å². The molecule has 7 nitrogen and oxygen atoms in total. The molecule has 1 aliphatic rings. The topological polar surface area (TPSA) is 98.5 Å². The molecule has 2 aromatic carbocycles. The number of rotatable bonds is 5. The Kier molecular flexibility index (Phi) is 6.03. The third kappa shape index (κ3) is 4.73. The molecule has 0 aromatic heterocycles. The summed E-state index contributed by atoms with van der Waals surface area (Å²) in [5.41, 5.74) is 1.67. The third-order valence-electron chi connectivity index (χ3n) is 4.86. The van der Waals surface area contributed by atoms with Gasteiger partial charge >= 0.3 is 5.97 Å². The fourth-order valence-electron chi connectivity index (χ4n) is 3.30. The van der Waals surface area contributed by atoms with Crippen molar-refractivity contribution in [3.05, 3.63) is 69.3 Å². The van der Waals surface area contributed by atoms with Crippen LogP contribution in [0.5, 0.6) is 0 Å². The van der Waals surface area contributed by atoms with Crippen molar-refractivity contribution in [2.45, 2.75) is 45.1 Å². The molecule has 7 heteroatoms. The minimum absolute atomic E-state index is 0.00833. The maximum absolute atomic E-state index is 12.4. The van der Waals surface area contributed by atoms with Gasteiger partial charge in [0, 0.05) is 22.9 Å². The van der Waals surface area contributed by atoms with Gasteiger partial charge in [0.05, 0.1) is 10.5 Å². The Labute approximate surface area is 162 Å². The SMILES string of the molecule is Cc1cc(C(=O)Nc2ccc(C(=O)OC3CCCCC3)cc2)ccc1[N+](=O)[O-]. The first-order valence-corrected chi connectivity index (χ1v) is 9.31. The Morgan fingerprint density at radius 2 is 1.68 bits per heavy atom. The normalized spacial score (nSPS) is 14.3. The quantitative estimate of drug-likeness (QED) is 0.461. The van der Waals surface area contributed by atoms with Crippen molar-refractivity contribution in [3.8, 4) is 0 Å². The first-order valence-electron chi connectivity index (χ1n) is 9.31. The van der Waals surface area contributed by atoms with Gasteiger partial charge in [-0.05, 0) is 69.0 Å². The average molecular weight is 382 g/mol. The van der Waals surface area contributed by atoms with E-state index in [4.69, 9.17) is 4.74 Å². The van der Waals surface area contributed by atoms with Crippen molar-refractivity contribution >= 4 is 23.3 Å². The van der Waals surface area contributed by atoms with Gasteiger partial charge in [-0.25, -0.2) is 4.79 Å². The second kappa shape index (κ2) is 8.65. The molecule has 0 unspecified atom stereocenters. The first-order chi connectivity index (χ1) is 13.4. The number of carbonyl (C=O) groups is 2. The number of hydrogen-bond donors (Lipinski definition) is 1. The summed E-state index contributed by atoms with van der Waals surface area (Å²) in [5, 5.41) is 13.6. The minimum atomic E-state index is -0.484. The zero-order valence-corrected chi connectivity index (χ0v) is 15.6. The van der Waals surface area contributed by atoms with Crippen molar-refractivity contribution in [3.63, 3.8) is 0 Å². The average Bonchev–Trinajstić information content (AvgIpc) is 2.69. The van der Waals surface area contributed by atoms with Crippen molar-refractivity contribution < 1.29 is 19.2 Å².